The maximum absolute atomic E-state index is 11.7. The monoisotopic (exact) mass is 369 g/mol. The van der Waals surface area contributed by atoms with Gasteiger partial charge in [0.2, 0.25) is 0 Å². The summed E-state index contributed by atoms with van der Waals surface area (Å²) in [6.07, 6.45) is 4.58. The number of nitrogens with zero attached hydrogens (tertiary/aromatic N) is 1. The number of carboxylic acids is 1. The fraction of sp³-hybridized carbons (Fsp3) is 0.500. The molecule has 5 heteroatoms. The molecule has 2 aliphatic rings. The van der Waals surface area contributed by atoms with Gasteiger partial charge < -0.3 is 14.9 Å². The van der Waals surface area contributed by atoms with Gasteiger partial charge in [-0.05, 0) is 36.1 Å². The predicted molar refractivity (Wildman–Crippen MR) is 104 cm³/mol. The van der Waals surface area contributed by atoms with Crippen molar-refractivity contribution in [1.82, 2.24) is 4.90 Å². The van der Waals surface area contributed by atoms with Crippen LogP contribution in [-0.4, -0.2) is 52.9 Å². The Kier molecular flexibility index (Phi) is 5.06. The highest BCUT2D eigenvalue weighted by molar-refractivity contribution is 5.88. The van der Waals surface area contributed by atoms with Crippen LogP contribution in [0.2, 0.25) is 0 Å². The molecule has 2 fully saturated rings. The zero-order valence-electron chi connectivity index (χ0n) is 15.5. The Labute approximate surface area is 159 Å². The molecule has 27 heavy (non-hydrogen) atoms. The minimum atomic E-state index is -0.777. The molecule has 2 aromatic rings. The lowest BCUT2D eigenvalue weighted by Gasteiger charge is -2.26. The van der Waals surface area contributed by atoms with Gasteiger partial charge >= 0.3 is 5.97 Å². The molecule has 1 spiro atoms. The van der Waals surface area contributed by atoms with Gasteiger partial charge in [0.25, 0.3) is 0 Å². The molecule has 0 radical (unpaired) electrons. The maximum Gasteiger partial charge on any atom is 0.320 e. The molecule has 2 unspecified atom stereocenters. The van der Waals surface area contributed by atoms with Crippen molar-refractivity contribution in [3.63, 3.8) is 0 Å². The average molecular weight is 369 g/mol. The molecule has 1 aliphatic carbocycles. The molecule has 0 amide bonds. The molecule has 0 aromatic heterocycles. The van der Waals surface area contributed by atoms with E-state index in [4.69, 9.17) is 4.74 Å². The molecule has 0 bridgehead atoms. The number of benzene rings is 2. The van der Waals surface area contributed by atoms with Gasteiger partial charge in [0.15, 0.2) is 0 Å². The number of aliphatic hydroxyl groups excluding tert-OH is 1. The van der Waals surface area contributed by atoms with Crippen LogP contribution < -0.4 is 4.74 Å². The zero-order chi connectivity index (χ0) is 18.9. The summed E-state index contributed by atoms with van der Waals surface area (Å²) in [6, 6.07) is 13.4. The standard InChI is InChI=1S/C22H27NO4/c24-17(14-27-20-9-5-7-16-6-1-2-8-18(16)20)13-23-15-22(10-3-4-11-22)12-19(23)21(25)26/h1-2,5-9,17,19,24H,3-4,10-15H2,(H,25,26). The highest BCUT2D eigenvalue weighted by atomic mass is 16.5. The third-order valence-electron chi connectivity index (χ3n) is 6.18. The van der Waals surface area contributed by atoms with E-state index in [1.165, 1.54) is 12.8 Å². The van der Waals surface area contributed by atoms with Crippen LogP contribution in [0.15, 0.2) is 42.5 Å². The lowest BCUT2D eigenvalue weighted by molar-refractivity contribution is -0.142. The molecule has 1 aliphatic heterocycles. The number of ether oxygens (including phenoxy) is 1. The lowest BCUT2D eigenvalue weighted by Crippen LogP contribution is -2.42. The van der Waals surface area contributed by atoms with Crippen LogP contribution in [0, 0.1) is 5.41 Å². The quantitative estimate of drug-likeness (QED) is 0.818. The number of aliphatic carboxylic acids is 1. The first-order valence-corrected chi connectivity index (χ1v) is 9.82. The molecule has 144 valence electrons. The van der Waals surface area contributed by atoms with Gasteiger partial charge in [-0.3, -0.25) is 9.69 Å². The number of β-amino-alcohol motifs (C(OH)–C–C–N with tert-alkyl or cyclic N) is 1. The predicted octanol–water partition coefficient (Wildman–Crippen LogP) is 3.30. The average Bonchev–Trinajstić information content (AvgIpc) is 3.27. The summed E-state index contributed by atoms with van der Waals surface area (Å²) in [5.74, 6) is -0.0310. The minimum Gasteiger partial charge on any atom is -0.490 e. The van der Waals surface area contributed by atoms with Crippen LogP contribution in [-0.2, 0) is 4.79 Å². The van der Waals surface area contributed by atoms with E-state index in [0.717, 1.165) is 35.9 Å². The molecular formula is C22H27NO4. The molecule has 1 saturated carbocycles. The van der Waals surface area contributed by atoms with Crippen molar-refractivity contribution in [1.29, 1.82) is 0 Å². The van der Waals surface area contributed by atoms with Gasteiger partial charge in [-0.1, -0.05) is 49.2 Å². The third-order valence-corrected chi connectivity index (χ3v) is 6.18. The zero-order valence-corrected chi connectivity index (χ0v) is 15.5. The lowest BCUT2D eigenvalue weighted by atomic mass is 9.84. The van der Waals surface area contributed by atoms with Crippen molar-refractivity contribution >= 4 is 16.7 Å². The van der Waals surface area contributed by atoms with E-state index >= 15 is 0 Å². The first kappa shape index (κ1) is 18.3. The van der Waals surface area contributed by atoms with Crippen molar-refractivity contribution in [2.24, 2.45) is 5.41 Å². The van der Waals surface area contributed by atoms with Crippen molar-refractivity contribution in [3.8, 4) is 5.75 Å². The Morgan fingerprint density at radius 1 is 1.19 bits per heavy atom. The summed E-state index contributed by atoms with van der Waals surface area (Å²) in [5.41, 5.74) is 0.138. The van der Waals surface area contributed by atoms with Gasteiger partial charge in [0, 0.05) is 18.5 Å². The van der Waals surface area contributed by atoms with E-state index in [0.29, 0.717) is 13.0 Å². The summed E-state index contributed by atoms with van der Waals surface area (Å²) in [4.78, 5) is 13.7. The third kappa shape index (κ3) is 3.80. The molecule has 2 atom stereocenters. The van der Waals surface area contributed by atoms with Gasteiger partial charge in [-0.25, -0.2) is 0 Å². The number of fused-ring (bicyclic) bond motifs is 1. The summed E-state index contributed by atoms with van der Waals surface area (Å²) >= 11 is 0. The molecular weight excluding hydrogens is 342 g/mol. The van der Waals surface area contributed by atoms with E-state index in [1.54, 1.807) is 0 Å². The second-order valence-electron chi connectivity index (χ2n) is 8.14. The number of hydrogen-bond acceptors (Lipinski definition) is 4. The van der Waals surface area contributed by atoms with Crippen molar-refractivity contribution in [2.75, 3.05) is 19.7 Å². The number of carbonyl (C=O) groups is 1. The van der Waals surface area contributed by atoms with Crippen molar-refractivity contribution in [3.05, 3.63) is 42.5 Å². The first-order chi connectivity index (χ1) is 13.1. The Bertz CT molecular complexity index is 810. The Morgan fingerprint density at radius 3 is 2.70 bits per heavy atom. The number of hydrogen-bond donors (Lipinski definition) is 2. The fourth-order valence-corrected chi connectivity index (χ4v) is 4.90. The van der Waals surface area contributed by atoms with Gasteiger partial charge in [-0.15, -0.1) is 0 Å². The van der Waals surface area contributed by atoms with E-state index in [-0.39, 0.29) is 12.0 Å². The summed E-state index contributed by atoms with van der Waals surface area (Å²) in [7, 11) is 0. The number of aliphatic hydroxyl groups is 1. The normalized spacial score (nSPS) is 23.1. The first-order valence-electron chi connectivity index (χ1n) is 9.82. The second kappa shape index (κ2) is 7.49. The van der Waals surface area contributed by atoms with E-state index in [1.807, 2.05) is 47.4 Å². The van der Waals surface area contributed by atoms with Gasteiger partial charge in [-0.2, -0.15) is 0 Å². The second-order valence-corrected chi connectivity index (χ2v) is 8.14. The van der Waals surface area contributed by atoms with Crippen LogP contribution >= 0.6 is 0 Å². The maximum atomic E-state index is 11.7. The van der Waals surface area contributed by atoms with Crippen LogP contribution in [0.1, 0.15) is 32.1 Å². The van der Waals surface area contributed by atoms with Gasteiger partial charge in [0.05, 0.1) is 0 Å². The molecule has 2 aromatic carbocycles. The molecule has 2 N–H and O–H groups in total. The van der Waals surface area contributed by atoms with Crippen LogP contribution in [0.3, 0.4) is 0 Å². The Balaban J connectivity index is 1.39. The fourth-order valence-electron chi connectivity index (χ4n) is 4.90. The molecule has 5 nitrogen and oxygen atoms in total. The summed E-state index contributed by atoms with van der Waals surface area (Å²) in [5, 5.41) is 22.2. The largest absolute Gasteiger partial charge is 0.490 e. The number of carboxylic acid groups (broad SMARTS) is 1. The van der Waals surface area contributed by atoms with E-state index in [9.17, 15) is 15.0 Å². The topological polar surface area (TPSA) is 70.0 Å². The van der Waals surface area contributed by atoms with Crippen molar-refractivity contribution < 1.29 is 19.7 Å². The van der Waals surface area contributed by atoms with E-state index in [2.05, 4.69) is 0 Å². The highest BCUT2D eigenvalue weighted by Crippen LogP contribution is 2.47. The molecule has 1 saturated heterocycles. The smallest absolute Gasteiger partial charge is 0.320 e. The van der Waals surface area contributed by atoms with Crippen LogP contribution in [0.5, 0.6) is 5.75 Å². The van der Waals surface area contributed by atoms with E-state index < -0.39 is 18.1 Å². The van der Waals surface area contributed by atoms with Gasteiger partial charge in [0.1, 0.15) is 24.5 Å². The number of likely N-dealkylation sites (tertiary alicyclic amines) is 1. The van der Waals surface area contributed by atoms with Crippen LogP contribution in [0.4, 0.5) is 0 Å². The summed E-state index contributed by atoms with van der Waals surface area (Å²) in [6.45, 7) is 1.27. The molecule has 1 heterocycles. The summed E-state index contributed by atoms with van der Waals surface area (Å²) < 4.78 is 5.88. The Morgan fingerprint density at radius 2 is 1.93 bits per heavy atom. The minimum absolute atomic E-state index is 0.138. The number of rotatable bonds is 6. The molecule has 4 rings (SSSR count). The van der Waals surface area contributed by atoms with Crippen molar-refractivity contribution in [2.45, 2.75) is 44.2 Å². The Hall–Kier alpha value is -2.11. The van der Waals surface area contributed by atoms with Crippen LogP contribution in [0.25, 0.3) is 10.8 Å². The SMILES string of the molecule is O=C(O)C1CC2(CCCC2)CN1CC(O)COc1cccc2ccccc12. The highest BCUT2D eigenvalue weighted by Gasteiger charge is 2.48.